The Hall–Kier alpha value is -0.580. The van der Waals surface area contributed by atoms with Crippen LogP contribution in [-0.2, 0) is 9.53 Å². The van der Waals surface area contributed by atoms with Gasteiger partial charge in [-0.05, 0) is 12.1 Å². The van der Waals surface area contributed by atoms with E-state index in [-0.39, 0.29) is 6.42 Å². The van der Waals surface area contributed by atoms with Crippen molar-refractivity contribution < 1.29 is 14.6 Å². The molecule has 1 unspecified atom stereocenters. The van der Waals surface area contributed by atoms with E-state index in [0.29, 0.717) is 4.34 Å². The van der Waals surface area contributed by atoms with E-state index in [2.05, 4.69) is 0 Å². The average molecular weight is 221 g/mol. The van der Waals surface area contributed by atoms with Crippen LogP contribution in [0.25, 0.3) is 0 Å². The van der Waals surface area contributed by atoms with Gasteiger partial charge < -0.3 is 9.84 Å². The highest BCUT2D eigenvalue weighted by atomic mass is 35.5. The number of aliphatic carboxylic acids is 1. The van der Waals surface area contributed by atoms with Gasteiger partial charge in [-0.2, -0.15) is 0 Å². The van der Waals surface area contributed by atoms with Gasteiger partial charge in [0, 0.05) is 12.0 Å². The lowest BCUT2D eigenvalue weighted by Gasteiger charge is -2.09. The van der Waals surface area contributed by atoms with E-state index in [1.807, 2.05) is 0 Å². The molecule has 0 fully saturated rings. The smallest absolute Gasteiger partial charge is 0.306 e. The summed E-state index contributed by atoms with van der Waals surface area (Å²) in [5.74, 6) is -0.878. The van der Waals surface area contributed by atoms with E-state index in [0.717, 1.165) is 4.88 Å². The lowest BCUT2D eigenvalue weighted by molar-refractivity contribution is -0.139. The van der Waals surface area contributed by atoms with Gasteiger partial charge in [-0.15, -0.1) is 11.3 Å². The quantitative estimate of drug-likeness (QED) is 0.849. The number of ether oxygens (including phenoxy) is 1. The standard InChI is InChI=1S/C8H9ClO3S/c1-12-5(4-8(10)11)6-2-3-7(9)13-6/h2-3,5H,4H2,1H3,(H,10,11). The molecule has 0 aliphatic rings. The molecule has 0 aliphatic heterocycles. The molecule has 1 N–H and O–H groups in total. The molecule has 0 aliphatic carbocycles. The normalized spacial score (nSPS) is 12.8. The Morgan fingerprint density at radius 2 is 2.46 bits per heavy atom. The van der Waals surface area contributed by atoms with E-state index in [4.69, 9.17) is 21.4 Å². The highest BCUT2D eigenvalue weighted by Gasteiger charge is 2.16. The molecule has 0 radical (unpaired) electrons. The first-order chi connectivity index (χ1) is 6.13. The number of halogens is 1. The largest absolute Gasteiger partial charge is 0.481 e. The summed E-state index contributed by atoms with van der Waals surface area (Å²) >= 11 is 7.05. The molecular weight excluding hydrogens is 212 g/mol. The van der Waals surface area contributed by atoms with Gasteiger partial charge in [-0.1, -0.05) is 11.6 Å². The summed E-state index contributed by atoms with van der Waals surface area (Å²) < 4.78 is 5.67. The molecule has 0 saturated carbocycles. The van der Waals surface area contributed by atoms with Crippen LogP contribution in [0.15, 0.2) is 12.1 Å². The topological polar surface area (TPSA) is 46.5 Å². The predicted octanol–water partition coefficient (Wildman–Crippen LogP) is 2.56. The van der Waals surface area contributed by atoms with Gasteiger partial charge in [-0.25, -0.2) is 0 Å². The molecule has 5 heteroatoms. The fourth-order valence-corrected chi connectivity index (χ4v) is 2.10. The van der Waals surface area contributed by atoms with Crippen molar-refractivity contribution in [3.05, 3.63) is 21.3 Å². The van der Waals surface area contributed by atoms with Gasteiger partial charge >= 0.3 is 5.97 Å². The summed E-state index contributed by atoms with van der Waals surface area (Å²) in [5, 5.41) is 8.57. The highest BCUT2D eigenvalue weighted by molar-refractivity contribution is 7.16. The Morgan fingerprint density at radius 3 is 2.85 bits per heavy atom. The van der Waals surface area contributed by atoms with E-state index in [1.54, 1.807) is 12.1 Å². The van der Waals surface area contributed by atoms with Crippen molar-refractivity contribution in [1.82, 2.24) is 0 Å². The van der Waals surface area contributed by atoms with Gasteiger partial charge in [0.2, 0.25) is 0 Å². The lowest BCUT2D eigenvalue weighted by atomic mass is 10.2. The summed E-state index contributed by atoms with van der Waals surface area (Å²) in [6.07, 6.45) is -0.428. The van der Waals surface area contributed by atoms with E-state index < -0.39 is 12.1 Å². The first-order valence-corrected chi connectivity index (χ1v) is 4.82. The fraction of sp³-hybridized carbons (Fsp3) is 0.375. The van der Waals surface area contributed by atoms with Crippen LogP contribution in [0.3, 0.4) is 0 Å². The van der Waals surface area contributed by atoms with E-state index in [9.17, 15) is 4.79 Å². The van der Waals surface area contributed by atoms with Gasteiger partial charge in [0.1, 0.15) is 6.10 Å². The van der Waals surface area contributed by atoms with Crippen LogP contribution >= 0.6 is 22.9 Å². The summed E-state index contributed by atoms with van der Waals surface area (Å²) in [7, 11) is 1.49. The van der Waals surface area contributed by atoms with Crippen LogP contribution < -0.4 is 0 Å². The second kappa shape index (κ2) is 4.60. The SMILES string of the molecule is COC(CC(=O)O)c1ccc(Cl)s1. The van der Waals surface area contributed by atoms with Gasteiger partial charge in [0.25, 0.3) is 0 Å². The minimum atomic E-state index is -0.878. The fourth-order valence-electron chi connectivity index (χ4n) is 0.960. The zero-order valence-electron chi connectivity index (χ0n) is 6.99. The molecule has 1 heterocycles. The van der Waals surface area contributed by atoms with Gasteiger partial charge in [0.05, 0.1) is 10.8 Å². The zero-order valence-corrected chi connectivity index (χ0v) is 8.56. The van der Waals surface area contributed by atoms with Crippen LogP contribution in [0, 0.1) is 0 Å². The van der Waals surface area contributed by atoms with Crippen molar-refractivity contribution in [3.63, 3.8) is 0 Å². The number of rotatable bonds is 4. The van der Waals surface area contributed by atoms with E-state index in [1.165, 1.54) is 18.4 Å². The molecule has 72 valence electrons. The minimum absolute atomic E-state index is 0.0344. The van der Waals surface area contributed by atoms with Crippen molar-refractivity contribution in [2.75, 3.05) is 7.11 Å². The molecule has 0 bridgehead atoms. The maximum atomic E-state index is 10.4. The number of thiophene rings is 1. The number of methoxy groups -OCH3 is 1. The lowest BCUT2D eigenvalue weighted by Crippen LogP contribution is -2.06. The second-order valence-corrected chi connectivity index (χ2v) is 4.21. The first kappa shape index (κ1) is 10.5. The number of carboxylic acids is 1. The third kappa shape index (κ3) is 2.99. The maximum absolute atomic E-state index is 10.4. The highest BCUT2D eigenvalue weighted by Crippen LogP contribution is 2.30. The van der Waals surface area contributed by atoms with Gasteiger partial charge in [0.15, 0.2) is 0 Å². The maximum Gasteiger partial charge on any atom is 0.306 e. The summed E-state index contributed by atoms with van der Waals surface area (Å²) in [6.45, 7) is 0. The third-order valence-corrected chi connectivity index (χ3v) is 2.88. The summed E-state index contributed by atoms with van der Waals surface area (Å²) in [5.41, 5.74) is 0. The molecular formula is C8H9ClO3S. The number of carbonyl (C=O) groups is 1. The molecule has 1 rings (SSSR count). The molecule has 13 heavy (non-hydrogen) atoms. The summed E-state index contributed by atoms with van der Waals surface area (Å²) in [6, 6.07) is 3.51. The molecule has 1 atom stereocenters. The Bertz CT molecular complexity index is 297. The second-order valence-electron chi connectivity index (χ2n) is 2.46. The zero-order chi connectivity index (χ0) is 9.84. The molecule has 0 aromatic carbocycles. The average Bonchev–Trinajstić information content (AvgIpc) is 2.47. The van der Waals surface area contributed by atoms with Crippen LogP contribution in [-0.4, -0.2) is 18.2 Å². The minimum Gasteiger partial charge on any atom is -0.481 e. The molecule has 1 aromatic heterocycles. The van der Waals surface area contributed by atoms with Crippen molar-refractivity contribution in [1.29, 1.82) is 0 Å². The third-order valence-electron chi connectivity index (χ3n) is 1.56. The Kier molecular flexibility index (Phi) is 3.71. The number of hydrogen-bond acceptors (Lipinski definition) is 3. The number of hydrogen-bond donors (Lipinski definition) is 1. The molecule has 3 nitrogen and oxygen atoms in total. The van der Waals surface area contributed by atoms with Crippen LogP contribution in [0.4, 0.5) is 0 Å². The van der Waals surface area contributed by atoms with E-state index >= 15 is 0 Å². The Labute approximate surface area is 84.9 Å². The molecule has 0 saturated heterocycles. The molecule has 0 spiro atoms. The first-order valence-electron chi connectivity index (χ1n) is 3.63. The van der Waals surface area contributed by atoms with Crippen LogP contribution in [0.5, 0.6) is 0 Å². The molecule has 0 amide bonds. The Balaban J connectivity index is 2.72. The Morgan fingerprint density at radius 1 is 1.77 bits per heavy atom. The monoisotopic (exact) mass is 220 g/mol. The van der Waals surface area contributed by atoms with Crippen LogP contribution in [0.1, 0.15) is 17.4 Å². The van der Waals surface area contributed by atoms with Crippen molar-refractivity contribution >= 4 is 28.9 Å². The van der Waals surface area contributed by atoms with Crippen molar-refractivity contribution in [3.8, 4) is 0 Å². The number of carboxylic acid groups (broad SMARTS) is 1. The van der Waals surface area contributed by atoms with Crippen molar-refractivity contribution in [2.45, 2.75) is 12.5 Å². The van der Waals surface area contributed by atoms with Crippen LogP contribution in [0.2, 0.25) is 4.34 Å². The summed E-state index contributed by atoms with van der Waals surface area (Å²) in [4.78, 5) is 11.3. The predicted molar refractivity (Wildman–Crippen MR) is 51.3 cm³/mol. The van der Waals surface area contributed by atoms with Gasteiger partial charge in [-0.3, -0.25) is 4.79 Å². The molecule has 1 aromatic rings. The van der Waals surface area contributed by atoms with Crippen molar-refractivity contribution in [2.24, 2.45) is 0 Å².